The fourth-order valence-corrected chi connectivity index (χ4v) is 2.75. The van der Waals surface area contributed by atoms with E-state index < -0.39 is 0 Å². The van der Waals surface area contributed by atoms with Gasteiger partial charge in [0, 0.05) is 26.2 Å². The first kappa shape index (κ1) is 14.1. The molecule has 1 N–H and O–H groups in total. The first-order valence-electron chi connectivity index (χ1n) is 6.96. The number of piperazine rings is 1. The number of aliphatic hydroxyl groups is 1. The highest BCUT2D eigenvalue weighted by Crippen LogP contribution is 2.26. The quantitative estimate of drug-likeness (QED) is 0.939. The molecule has 5 nitrogen and oxygen atoms in total. The molecule has 3 rings (SSSR count). The van der Waals surface area contributed by atoms with E-state index >= 15 is 0 Å². The molecule has 2 aromatic rings. The molecule has 1 aromatic carbocycles. The molecule has 1 aliphatic rings. The lowest BCUT2D eigenvalue weighted by molar-refractivity contribution is 0.275. The topological polar surface area (TPSA) is 52.5 Å². The number of anilines is 2. The van der Waals surface area contributed by atoms with Crippen LogP contribution < -0.4 is 9.80 Å². The second-order valence-electron chi connectivity index (χ2n) is 4.97. The number of nitrogens with zero attached hydrogens (tertiary/aromatic N) is 4. The molecule has 110 valence electrons. The Kier molecular flexibility index (Phi) is 4.22. The highest BCUT2D eigenvalue weighted by atomic mass is 35.5. The fourth-order valence-electron chi connectivity index (χ4n) is 2.49. The van der Waals surface area contributed by atoms with Crippen molar-refractivity contribution in [2.24, 2.45) is 0 Å². The summed E-state index contributed by atoms with van der Waals surface area (Å²) in [6.45, 7) is 3.46. The van der Waals surface area contributed by atoms with Crippen LogP contribution in [-0.4, -0.2) is 41.5 Å². The lowest BCUT2D eigenvalue weighted by atomic mass is 10.2. The number of aromatic nitrogens is 2. The molecule has 6 heteroatoms. The molecule has 1 aromatic heterocycles. The maximum Gasteiger partial charge on any atom is 0.151 e. The van der Waals surface area contributed by atoms with E-state index in [9.17, 15) is 0 Å². The number of aliphatic hydroxyl groups excluding tert-OH is 1. The lowest BCUT2D eigenvalue weighted by Gasteiger charge is -2.36. The summed E-state index contributed by atoms with van der Waals surface area (Å²) in [6.07, 6.45) is 0. The minimum absolute atomic E-state index is 0.0758. The maximum absolute atomic E-state index is 8.99. The van der Waals surface area contributed by atoms with Crippen LogP contribution >= 0.6 is 11.6 Å². The Morgan fingerprint density at radius 3 is 2.29 bits per heavy atom. The van der Waals surface area contributed by atoms with Crippen molar-refractivity contribution in [1.82, 2.24) is 10.2 Å². The highest BCUT2D eigenvalue weighted by Gasteiger charge is 2.19. The molecule has 0 bridgehead atoms. The summed E-state index contributed by atoms with van der Waals surface area (Å²) in [7, 11) is 0. The van der Waals surface area contributed by atoms with Gasteiger partial charge in [-0.05, 0) is 24.3 Å². The summed E-state index contributed by atoms with van der Waals surface area (Å²) >= 11 is 6.24. The predicted molar refractivity (Wildman–Crippen MR) is 83.8 cm³/mol. The Hall–Kier alpha value is -1.85. The van der Waals surface area contributed by atoms with E-state index in [-0.39, 0.29) is 6.61 Å². The number of hydrogen-bond acceptors (Lipinski definition) is 5. The minimum atomic E-state index is -0.0758. The van der Waals surface area contributed by atoms with Crippen molar-refractivity contribution in [3.63, 3.8) is 0 Å². The van der Waals surface area contributed by atoms with Gasteiger partial charge in [0.15, 0.2) is 5.82 Å². The molecular formula is C15H17ClN4O. The molecule has 0 radical (unpaired) electrons. The molecule has 1 saturated heterocycles. The zero-order chi connectivity index (χ0) is 14.7. The van der Waals surface area contributed by atoms with E-state index in [4.69, 9.17) is 16.7 Å². The van der Waals surface area contributed by atoms with Crippen molar-refractivity contribution >= 4 is 23.1 Å². The van der Waals surface area contributed by atoms with Crippen molar-refractivity contribution in [1.29, 1.82) is 0 Å². The first-order chi connectivity index (χ1) is 10.3. The van der Waals surface area contributed by atoms with Gasteiger partial charge in [0.05, 0.1) is 23.0 Å². The molecule has 0 aliphatic carbocycles. The summed E-state index contributed by atoms with van der Waals surface area (Å²) in [5, 5.41) is 17.9. The SMILES string of the molecule is OCc1ccc(N2CCN(c3ccccc3Cl)CC2)nn1. The average Bonchev–Trinajstić information content (AvgIpc) is 2.56. The molecule has 0 saturated carbocycles. The van der Waals surface area contributed by atoms with Crippen LogP contribution in [0.15, 0.2) is 36.4 Å². The first-order valence-corrected chi connectivity index (χ1v) is 7.33. The molecule has 0 unspecified atom stereocenters. The number of rotatable bonds is 3. The summed E-state index contributed by atoms with van der Waals surface area (Å²) < 4.78 is 0. The van der Waals surface area contributed by atoms with E-state index in [1.807, 2.05) is 36.4 Å². The van der Waals surface area contributed by atoms with Crippen LogP contribution in [0.2, 0.25) is 5.02 Å². The third kappa shape index (κ3) is 3.09. The Morgan fingerprint density at radius 1 is 0.952 bits per heavy atom. The Balaban J connectivity index is 1.66. The minimum Gasteiger partial charge on any atom is -0.390 e. The summed E-state index contributed by atoms with van der Waals surface area (Å²) in [4.78, 5) is 4.48. The normalized spacial score (nSPS) is 15.3. The molecule has 21 heavy (non-hydrogen) atoms. The Morgan fingerprint density at radius 2 is 1.67 bits per heavy atom. The van der Waals surface area contributed by atoms with Crippen LogP contribution in [0.5, 0.6) is 0 Å². The zero-order valence-corrected chi connectivity index (χ0v) is 12.4. The summed E-state index contributed by atoms with van der Waals surface area (Å²) in [6, 6.07) is 11.6. The van der Waals surface area contributed by atoms with Crippen LogP contribution in [0.3, 0.4) is 0 Å². The van der Waals surface area contributed by atoms with E-state index in [2.05, 4.69) is 20.0 Å². The van der Waals surface area contributed by atoms with Gasteiger partial charge in [0.1, 0.15) is 0 Å². The monoisotopic (exact) mass is 304 g/mol. The number of para-hydroxylation sites is 1. The predicted octanol–water partition coefficient (Wildman–Crippen LogP) is 1.95. The highest BCUT2D eigenvalue weighted by molar-refractivity contribution is 6.33. The second kappa shape index (κ2) is 6.28. The Labute approximate surface area is 128 Å². The van der Waals surface area contributed by atoms with Gasteiger partial charge in [-0.25, -0.2) is 0 Å². The fraction of sp³-hybridized carbons (Fsp3) is 0.333. The standard InChI is InChI=1S/C15H17ClN4O/c16-13-3-1-2-4-14(13)19-7-9-20(10-8-19)15-6-5-12(11-21)17-18-15/h1-6,21H,7-11H2. The van der Waals surface area contributed by atoms with Gasteiger partial charge in [-0.3, -0.25) is 0 Å². The van der Waals surface area contributed by atoms with Crippen molar-refractivity contribution < 1.29 is 5.11 Å². The van der Waals surface area contributed by atoms with Crippen LogP contribution in [0, 0.1) is 0 Å². The second-order valence-corrected chi connectivity index (χ2v) is 5.37. The zero-order valence-electron chi connectivity index (χ0n) is 11.6. The van der Waals surface area contributed by atoms with Crippen molar-refractivity contribution in [2.75, 3.05) is 36.0 Å². The van der Waals surface area contributed by atoms with Crippen molar-refractivity contribution in [3.8, 4) is 0 Å². The smallest absolute Gasteiger partial charge is 0.151 e. The molecule has 0 amide bonds. The van der Waals surface area contributed by atoms with E-state index in [0.717, 1.165) is 42.7 Å². The van der Waals surface area contributed by atoms with E-state index in [1.54, 1.807) is 0 Å². The largest absolute Gasteiger partial charge is 0.390 e. The molecule has 1 aliphatic heterocycles. The van der Waals surface area contributed by atoms with Crippen molar-refractivity contribution in [3.05, 3.63) is 47.1 Å². The Bertz CT molecular complexity index is 597. The van der Waals surface area contributed by atoms with Crippen molar-refractivity contribution in [2.45, 2.75) is 6.61 Å². The van der Waals surface area contributed by atoms with Crippen LogP contribution in [-0.2, 0) is 6.61 Å². The van der Waals surface area contributed by atoms with Crippen LogP contribution in [0.4, 0.5) is 11.5 Å². The van der Waals surface area contributed by atoms with Gasteiger partial charge in [-0.1, -0.05) is 23.7 Å². The lowest BCUT2D eigenvalue weighted by Crippen LogP contribution is -2.47. The van der Waals surface area contributed by atoms with Gasteiger partial charge in [0.25, 0.3) is 0 Å². The van der Waals surface area contributed by atoms with Gasteiger partial charge < -0.3 is 14.9 Å². The number of halogens is 1. The van der Waals surface area contributed by atoms with Gasteiger partial charge >= 0.3 is 0 Å². The van der Waals surface area contributed by atoms with Gasteiger partial charge in [0.2, 0.25) is 0 Å². The molecule has 0 spiro atoms. The summed E-state index contributed by atoms with van der Waals surface area (Å²) in [5.74, 6) is 0.853. The van der Waals surface area contributed by atoms with Gasteiger partial charge in [-0.2, -0.15) is 5.10 Å². The molecular weight excluding hydrogens is 288 g/mol. The van der Waals surface area contributed by atoms with E-state index in [1.165, 1.54) is 0 Å². The number of hydrogen-bond donors (Lipinski definition) is 1. The average molecular weight is 305 g/mol. The molecule has 1 fully saturated rings. The molecule has 2 heterocycles. The van der Waals surface area contributed by atoms with E-state index in [0.29, 0.717) is 5.69 Å². The molecule has 0 atom stereocenters. The maximum atomic E-state index is 8.99. The van der Waals surface area contributed by atoms with Gasteiger partial charge in [-0.15, -0.1) is 5.10 Å². The van der Waals surface area contributed by atoms with Crippen LogP contribution in [0.1, 0.15) is 5.69 Å². The number of benzene rings is 1. The third-order valence-electron chi connectivity index (χ3n) is 3.66. The third-order valence-corrected chi connectivity index (χ3v) is 3.98. The van der Waals surface area contributed by atoms with Crippen LogP contribution in [0.25, 0.3) is 0 Å². The summed E-state index contributed by atoms with van der Waals surface area (Å²) in [5.41, 5.74) is 1.67.